The van der Waals surface area contributed by atoms with E-state index in [9.17, 15) is 4.39 Å². The van der Waals surface area contributed by atoms with E-state index in [0.717, 1.165) is 11.1 Å². The summed E-state index contributed by atoms with van der Waals surface area (Å²) in [5, 5.41) is 8.82. The maximum absolute atomic E-state index is 12.7. The van der Waals surface area contributed by atoms with Crippen molar-refractivity contribution < 1.29 is 9.13 Å². The molecule has 0 saturated carbocycles. The van der Waals surface area contributed by atoms with Gasteiger partial charge >= 0.3 is 0 Å². The smallest absolute Gasteiger partial charge is 0.137 e. The number of para-hydroxylation sites is 1. The van der Waals surface area contributed by atoms with Crippen LogP contribution >= 0.6 is 12.4 Å². The van der Waals surface area contributed by atoms with Gasteiger partial charge in [-0.1, -0.05) is 18.2 Å². The van der Waals surface area contributed by atoms with Gasteiger partial charge in [-0.25, -0.2) is 4.39 Å². The minimum atomic E-state index is -1.47. The normalized spacial score (nSPS) is 13.1. The van der Waals surface area contributed by atoms with Crippen LogP contribution in [0.3, 0.4) is 0 Å². The molecule has 1 unspecified atom stereocenters. The van der Waals surface area contributed by atoms with Crippen LogP contribution in [0.15, 0.2) is 18.2 Å². The van der Waals surface area contributed by atoms with Gasteiger partial charge in [-0.3, -0.25) is 0 Å². The van der Waals surface area contributed by atoms with Crippen LogP contribution in [0.25, 0.3) is 0 Å². The van der Waals surface area contributed by atoms with Gasteiger partial charge < -0.3 is 10.5 Å². The van der Waals surface area contributed by atoms with E-state index in [-0.39, 0.29) is 18.8 Å². The van der Waals surface area contributed by atoms with Gasteiger partial charge in [0.1, 0.15) is 18.0 Å². The molecule has 94 valence electrons. The quantitative estimate of drug-likeness (QED) is 0.900. The molecule has 5 heteroatoms. The maximum atomic E-state index is 12.7. The molecule has 1 atom stereocenters. The first-order chi connectivity index (χ1) is 7.56. The lowest BCUT2D eigenvalue weighted by molar-refractivity contribution is 0.357. The molecule has 1 rings (SSSR count). The van der Waals surface area contributed by atoms with Gasteiger partial charge in [-0.15, -0.1) is 12.4 Å². The number of aryl methyl sites for hydroxylation is 1. The molecule has 17 heavy (non-hydrogen) atoms. The summed E-state index contributed by atoms with van der Waals surface area (Å²) in [6, 6.07) is 7.31. The molecule has 0 amide bonds. The zero-order chi connectivity index (χ0) is 12.2. The fourth-order valence-electron chi connectivity index (χ4n) is 1.60. The molecule has 0 heterocycles. The highest BCUT2D eigenvalue weighted by atomic mass is 35.5. The van der Waals surface area contributed by atoms with Gasteiger partial charge in [0, 0.05) is 6.42 Å². The van der Waals surface area contributed by atoms with E-state index in [1.54, 1.807) is 19.2 Å². The summed E-state index contributed by atoms with van der Waals surface area (Å²) in [6.45, 7) is 1.02. The molecule has 0 radical (unpaired) electrons. The number of halogens is 2. The number of alkyl halides is 1. The largest absolute Gasteiger partial charge is 0.496 e. The number of benzene rings is 1. The predicted molar refractivity (Wildman–Crippen MR) is 67.2 cm³/mol. The van der Waals surface area contributed by atoms with E-state index in [1.807, 2.05) is 19.1 Å². The summed E-state index contributed by atoms with van der Waals surface area (Å²) < 4.78 is 17.9. The lowest BCUT2D eigenvalue weighted by Crippen LogP contribution is -2.42. The van der Waals surface area contributed by atoms with Crippen LogP contribution in [-0.2, 0) is 6.42 Å². The molecule has 0 saturated heterocycles. The van der Waals surface area contributed by atoms with Crippen molar-refractivity contribution in [3.05, 3.63) is 29.3 Å². The van der Waals surface area contributed by atoms with Crippen LogP contribution in [0.4, 0.5) is 4.39 Å². The van der Waals surface area contributed by atoms with Gasteiger partial charge in [0.15, 0.2) is 0 Å². The van der Waals surface area contributed by atoms with E-state index < -0.39 is 12.2 Å². The zero-order valence-corrected chi connectivity index (χ0v) is 10.7. The lowest BCUT2D eigenvalue weighted by atomic mass is 9.93. The van der Waals surface area contributed by atoms with Crippen LogP contribution in [0.2, 0.25) is 0 Å². The molecule has 0 aliphatic rings. The molecular weight excluding hydrogens is 243 g/mol. The Morgan fingerprint density at radius 2 is 2.18 bits per heavy atom. The lowest BCUT2D eigenvalue weighted by Gasteiger charge is -2.19. The summed E-state index contributed by atoms with van der Waals surface area (Å²) in [6.07, 6.45) is 0.144. The van der Waals surface area contributed by atoms with Crippen molar-refractivity contribution in [2.45, 2.75) is 18.9 Å². The Morgan fingerprint density at radius 1 is 1.53 bits per heavy atom. The molecule has 0 fully saturated rings. The Labute approximate surface area is 107 Å². The summed E-state index contributed by atoms with van der Waals surface area (Å²) in [5.74, 6) is 0.668. The minimum absolute atomic E-state index is 0. The molecule has 0 aliphatic heterocycles. The van der Waals surface area contributed by atoms with Crippen LogP contribution in [0.1, 0.15) is 11.1 Å². The van der Waals surface area contributed by atoms with Crippen molar-refractivity contribution >= 4 is 12.4 Å². The first-order valence-corrected chi connectivity index (χ1v) is 4.95. The Kier molecular flexibility index (Phi) is 5.94. The third-order valence-corrected chi connectivity index (χ3v) is 2.46. The molecule has 1 aromatic carbocycles. The average molecular weight is 259 g/mol. The zero-order valence-electron chi connectivity index (χ0n) is 9.87. The second kappa shape index (κ2) is 6.43. The summed E-state index contributed by atoms with van der Waals surface area (Å²) >= 11 is 0. The molecule has 0 aliphatic carbocycles. The van der Waals surface area contributed by atoms with Gasteiger partial charge in [0.2, 0.25) is 0 Å². The fourth-order valence-corrected chi connectivity index (χ4v) is 1.60. The van der Waals surface area contributed by atoms with Crippen molar-refractivity contribution in [3.63, 3.8) is 0 Å². The van der Waals surface area contributed by atoms with Crippen molar-refractivity contribution in [2.24, 2.45) is 5.73 Å². The van der Waals surface area contributed by atoms with Crippen molar-refractivity contribution in [3.8, 4) is 11.8 Å². The topological polar surface area (TPSA) is 59.0 Å². The van der Waals surface area contributed by atoms with Gasteiger partial charge in [-0.05, 0) is 18.1 Å². The Balaban J connectivity index is 0.00000256. The molecule has 0 aromatic heterocycles. The Bertz CT molecular complexity index is 419. The molecule has 2 N–H and O–H groups in total. The Morgan fingerprint density at radius 3 is 2.65 bits per heavy atom. The highest BCUT2D eigenvalue weighted by Crippen LogP contribution is 2.26. The highest BCUT2D eigenvalue weighted by molar-refractivity contribution is 5.85. The standard InChI is InChI=1S/C12H15FN2O.ClH/c1-9-4-3-5-10(11(9)16-2)6-12(15,7-13)8-14;/h3-5H,6-7,15H2,1-2H3;1H. The molecule has 3 nitrogen and oxygen atoms in total. The van der Waals surface area contributed by atoms with E-state index in [1.165, 1.54) is 0 Å². The second-order valence-electron chi connectivity index (χ2n) is 3.85. The second-order valence-corrected chi connectivity index (χ2v) is 3.85. The van der Waals surface area contributed by atoms with Crippen LogP contribution < -0.4 is 10.5 Å². The average Bonchev–Trinajstić information content (AvgIpc) is 2.29. The SMILES string of the molecule is COc1c(C)cccc1CC(N)(C#N)CF.Cl. The molecule has 0 bridgehead atoms. The van der Waals surface area contributed by atoms with Crippen LogP contribution in [-0.4, -0.2) is 19.3 Å². The number of methoxy groups -OCH3 is 1. The fraction of sp³-hybridized carbons (Fsp3) is 0.417. The minimum Gasteiger partial charge on any atom is -0.496 e. The number of hydrogen-bond donors (Lipinski definition) is 1. The summed E-state index contributed by atoms with van der Waals surface area (Å²) in [5.41, 5.74) is 5.84. The number of nitriles is 1. The van der Waals surface area contributed by atoms with Gasteiger partial charge in [-0.2, -0.15) is 5.26 Å². The number of hydrogen-bond acceptors (Lipinski definition) is 3. The molecule has 0 spiro atoms. The molecule has 1 aromatic rings. The van der Waals surface area contributed by atoms with E-state index in [0.29, 0.717) is 5.75 Å². The maximum Gasteiger partial charge on any atom is 0.137 e. The summed E-state index contributed by atoms with van der Waals surface area (Å²) in [7, 11) is 1.55. The third-order valence-electron chi connectivity index (χ3n) is 2.46. The van der Waals surface area contributed by atoms with Crippen LogP contribution in [0, 0.1) is 18.3 Å². The molecular formula is C12H16ClFN2O. The van der Waals surface area contributed by atoms with E-state index in [2.05, 4.69) is 0 Å². The van der Waals surface area contributed by atoms with E-state index >= 15 is 0 Å². The predicted octanol–water partition coefficient (Wildman–Crippen LogP) is 2.16. The van der Waals surface area contributed by atoms with Crippen molar-refractivity contribution in [2.75, 3.05) is 13.8 Å². The highest BCUT2D eigenvalue weighted by Gasteiger charge is 2.26. The first-order valence-electron chi connectivity index (χ1n) is 4.95. The van der Waals surface area contributed by atoms with Crippen LogP contribution in [0.5, 0.6) is 5.75 Å². The van der Waals surface area contributed by atoms with Crippen molar-refractivity contribution in [1.29, 1.82) is 5.26 Å². The van der Waals surface area contributed by atoms with E-state index in [4.69, 9.17) is 15.7 Å². The van der Waals surface area contributed by atoms with Gasteiger partial charge in [0.05, 0.1) is 13.2 Å². The monoisotopic (exact) mass is 258 g/mol. The Hall–Kier alpha value is -1.31. The number of nitrogens with zero attached hydrogens (tertiary/aromatic N) is 1. The summed E-state index contributed by atoms with van der Waals surface area (Å²) in [4.78, 5) is 0. The first kappa shape index (κ1) is 15.7. The third kappa shape index (κ3) is 3.58. The van der Waals surface area contributed by atoms with Crippen molar-refractivity contribution in [1.82, 2.24) is 0 Å². The van der Waals surface area contributed by atoms with Gasteiger partial charge in [0.25, 0.3) is 0 Å². The number of ether oxygens (including phenoxy) is 1. The number of nitrogens with two attached hydrogens (primary N) is 1. The number of rotatable bonds is 4.